The minimum absolute atomic E-state index is 0.0484. The maximum absolute atomic E-state index is 11.5. The van der Waals surface area contributed by atoms with Crippen LogP contribution in [0.3, 0.4) is 0 Å². The molecule has 5 nitrogen and oxygen atoms in total. The van der Waals surface area contributed by atoms with Crippen LogP contribution < -0.4 is 4.74 Å². The maximum Gasteiger partial charge on any atom is 0.163 e. The summed E-state index contributed by atoms with van der Waals surface area (Å²) in [6.45, 7) is 2.09. The Balaban J connectivity index is 2.09. The van der Waals surface area contributed by atoms with Crippen LogP contribution in [0.5, 0.6) is 5.75 Å². The first-order valence-electron chi connectivity index (χ1n) is 5.97. The van der Waals surface area contributed by atoms with Crippen molar-refractivity contribution >= 4 is 21.7 Å². The molecule has 1 heterocycles. The van der Waals surface area contributed by atoms with Gasteiger partial charge in [0, 0.05) is 17.6 Å². The van der Waals surface area contributed by atoms with E-state index >= 15 is 0 Å². The van der Waals surface area contributed by atoms with E-state index in [-0.39, 0.29) is 12.4 Å². The van der Waals surface area contributed by atoms with Crippen LogP contribution in [-0.2, 0) is 18.0 Å². The lowest BCUT2D eigenvalue weighted by atomic mass is 10.1. The minimum atomic E-state index is -0.0484. The normalized spacial score (nSPS) is 10.6. The zero-order chi connectivity index (χ0) is 14.5. The van der Waals surface area contributed by atoms with Gasteiger partial charge in [-0.25, -0.2) is 0 Å². The van der Waals surface area contributed by atoms with E-state index in [1.165, 1.54) is 6.92 Å². The Morgan fingerprint density at radius 2 is 2.15 bits per heavy atom. The summed E-state index contributed by atoms with van der Waals surface area (Å²) in [7, 11) is 1.58. The SMILES string of the molecule is COCc1cc(COc2cc(Br)ccc2C(C)=O)no1. The van der Waals surface area contributed by atoms with Gasteiger partial charge in [0.15, 0.2) is 11.5 Å². The second kappa shape index (κ2) is 6.67. The highest BCUT2D eigenvalue weighted by atomic mass is 79.9. The number of benzene rings is 1. The van der Waals surface area contributed by atoms with E-state index in [2.05, 4.69) is 21.1 Å². The minimum Gasteiger partial charge on any atom is -0.486 e. The fourth-order valence-electron chi connectivity index (χ4n) is 1.69. The van der Waals surface area contributed by atoms with Gasteiger partial charge in [0.25, 0.3) is 0 Å². The monoisotopic (exact) mass is 339 g/mol. The van der Waals surface area contributed by atoms with E-state index in [9.17, 15) is 4.79 Å². The van der Waals surface area contributed by atoms with Crippen molar-refractivity contribution in [1.82, 2.24) is 5.16 Å². The van der Waals surface area contributed by atoms with Crippen molar-refractivity contribution in [2.24, 2.45) is 0 Å². The standard InChI is InChI=1S/C14H14BrNO4/c1-9(17)13-4-3-10(15)5-14(13)19-7-11-6-12(8-18-2)20-16-11/h3-6H,7-8H2,1-2H3. The van der Waals surface area contributed by atoms with E-state index in [1.807, 2.05) is 0 Å². The lowest BCUT2D eigenvalue weighted by Crippen LogP contribution is -2.01. The summed E-state index contributed by atoms with van der Waals surface area (Å²) in [5.41, 5.74) is 1.18. The molecule has 2 aromatic rings. The van der Waals surface area contributed by atoms with Crippen LogP contribution in [0.25, 0.3) is 0 Å². The molecule has 0 bridgehead atoms. The summed E-state index contributed by atoms with van der Waals surface area (Å²) in [5.74, 6) is 1.10. The van der Waals surface area contributed by atoms with Crippen LogP contribution in [0.1, 0.15) is 28.7 Å². The average Bonchev–Trinajstić information content (AvgIpc) is 2.84. The van der Waals surface area contributed by atoms with Crippen LogP contribution in [0, 0.1) is 0 Å². The van der Waals surface area contributed by atoms with E-state index < -0.39 is 0 Å². The average molecular weight is 340 g/mol. The Kier molecular flexibility index (Phi) is 4.92. The zero-order valence-corrected chi connectivity index (χ0v) is 12.8. The van der Waals surface area contributed by atoms with Crippen LogP contribution in [0.15, 0.2) is 33.3 Å². The molecular weight excluding hydrogens is 326 g/mol. The smallest absolute Gasteiger partial charge is 0.163 e. The number of aromatic nitrogens is 1. The Morgan fingerprint density at radius 3 is 2.85 bits per heavy atom. The molecule has 1 aromatic heterocycles. The Bertz CT molecular complexity index is 609. The molecule has 0 saturated carbocycles. The lowest BCUT2D eigenvalue weighted by Gasteiger charge is -2.08. The topological polar surface area (TPSA) is 61.6 Å². The van der Waals surface area contributed by atoms with Gasteiger partial charge in [-0.3, -0.25) is 4.79 Å². The zero-order valence-electron chi connectivity index (χ0n) is 11.2. The molecule has 20 heavy (non-hydrogen) atoms. The molecule has 0 radical (unpaired) electrons. The predicted octanol–water partition coefficient (Wildman–Crippen LogP) is 3.37. The van der Waals surface area contributed by atoms with Crippen molar-refractivity contribution in [1.29, 1.82) is 0 Å². The Labute approximate surface area is 125 Å². The number of methoxy groups -OCH3 is 1. The number of ether oxygens (including phenoxy) is 2. The molecule has 2 rings (SSSR count). The molecule has 0 aliphatic rings. The highest BCUT2D eigenvalue weighted by Crippen LogP contribution is 2.25. The van der Waals surface area contributed by atoms with Crippen LogP contribution in [0.2, 0.25) is 0 Å². The van der Waals surface area contributed by atoms with E-state index in [0.717, 1.165) is 4.47 Å². The summed E-state index contributed by atoms with van der Waals surface area (Å²) in [4.78, 5) is 11.5. The molecule has 6 heteroatoms. The summed E-state index contributed by atoms with van der Waals surface area (Å²) < 4.78 is 16.5. The molecular formula is C14H14BrNO4. The van der Waals surface area contributed by atoms with Gasteiger partial charge in [-0.1, -0.05) is 21.1 Å². The number of hydrogen-bond acceptors (Lipinski definition) is 5. The number of halogens is 1. The molecule has 0 atom stereocenters. The van der Waals surface area contributed by atoms with Gasteiger partial charge >= 0.3 is 0 Å². The Hall–Kier alpha value is -1.66. The highest BCUT2D eigenvalue weighted by Gasteiger charge is 2.11. The number of hydrogen-bond donors (Lipinski definition) is 0. The van der Waals surface area contributed by atoms with Gasteiger partial charge in [0.1, 0.15) is 24.7 Å². The first-order chi connectivity index (χ1) is 9.60. The number of ketones is 1. The molecule has 0 spiro atoms. The van der Waals surface area contributed by atoms with Crippen LogP contribution in [-0.4, -0.2) is 18.0 Å². The number of carbonyl (C=O) groups excluding carboxylic acids is 1. The number of rotatable bonds is 6. The summed E-state index contributed by atoms with van der Waals surface area (Å²) in [5, 5.41) is 3.87. The third kappa shape index (κ3) is 3.68. The van der Waals surface area contributed by atoms with Crippen molar-refractivity contribution in [2.75, 3.05) is 7.11 Å². The molecule has 0 aliphatic heterocycles. The fraction of sp³-hybridized carbons (Fsp3) is 0.286. The largest absolute Gasteiger partial charge is 0.486 e. The fourth-order valence-corrected chi connectivity index (χ4v) is 2.03. The second-order valence-electron chi connectivity index (χ2n) is 4.20. The maximum atomic E-state index is 11.5. The van der Waals surface area contributed by atoms with Crippen molar-refractivity contribution in [3.05, 3.63) is 45.8 Å². The van der Waals surface area contributed by atoms with E-state index in [4.69, 9.17) is 14.0 Å². The molecule has 0 saturated heterocycles. The van der Waals surface area contributed by atoms with Crippen molar-refractivity contribution in [3.8, 4) is 5.75 Å². The summed E-state index contributed by atoms with van der Waals surface area (Å²) in [6.07, 6.45) is 0. The second-order valence-corrected chi connectivity index (χ2v) is 5.12. The molecule has 0 aliphatic carbocycles. The molecule has 0 N–H and O–H groups in total. The van der Waals surface area contributed by atoms with Gasteiger partial charge in [0.2, 0.25) is 0 Å². The Morgan fingerprint density at radius 1 is 1.35 bits per heavy atom. The van der Waals surface area contributed by atoms with Gasteiger partial charge < -0.3 is 14.0 Å². The van der Waals surface area contributed by atoms with Crippen LogP contribution >= 0.6 is 15.9 Å². The molecule has 0 unspecified atom stereocenters. The predicted molar refractivity (Wildman–Crippen MR) is 75.7 cm³/mol. The highest BCUT2D eigenvalue weighted by molar-refractivity contribution is 9.10. The van der Waals surface area contributed by atoms with Gasteiger partial charge in [-0.05, 0) is 25.1 Å². The van der Waals surface area contributed by atoms with E-state index in [1.54, 1.807) is 31.4 Å². The number of Topliss-reactive ketones (excluding diaryl/α,β-unsaturated/α-hetero) is 1. The van der Waals surface area contributed by atoms with Gasteiger partial charge in [-0.2, -0.15) is 0 Å². The van der Waals surface area contributed by atoms with Crippen molar-refractivity contribution < 1.29 is 18.8 Å². The van der Waals surface area contributed by atoms with Crippen molar-refractivity contribution in [3.63, 3.8) is 0 Å². The quantitative estimate of drug-likeness (QED) is 0.755. The number of nitrogens with zero attached hydrogens (tertiary/aromatic N) is 1. The van der Waals surface area contributed by atoms with Gasteiger partial charge in [0.05, 0.1) is 5.56 Å². The van der Waals surface area contributed by atoms with Crippen LogP contribution in [0.4, 0.5) is 0 Å². The first-order valence-corrected chi connectivity index (χ1v) is 6.76. The van der Waals surface area contributed by atoms with Gasteiger partial charge in [-0.15, -0.1) is 0 Å². The first kappa shape index (κ1) is 14.7. The number of carbonyl (C=O) groups is 1. The lowest BCUT2D eigenvalue weighted by molar-refractivity contribution is 0.101. The summed E-state index contributed by atoms with van der Waals surface area (Å²) in [6, 6.07) is 7.04. The third-order valence-electron chi connectivity index (χ3n) is 2.59. The molecule has 106 valence electrons. The molecule has 0 amide bonds. The summed E-state index contributed by atoms with van der Waals surface area (Å²) >= 11 is 3.35. The third-order valence-corrected chi connectivity index (χ3v) is 3.09. The molecule has 0 fully saturated rings. The molecule has 1 aromatic carbocycles. The van der Waals surface area contributed by atoms with E-state index in [0.29, 0.717) is 29.4 Å². The van der Waals surface area contributed by atoms with Crippen molar-refractivity contribution in [2.45, 2.75) is 20.1 Å².